The average molecular weight is 243 g/mol. The van der Waals surface area contributed by atoms with Gasteiger partial charge in [0, 0.05) is 20.8 Å². The fraction of sp³-hybridized carbons (Fsp3) is 1.00. The molecule has 0 spiro atoms. The fourth-order valence-electron chi connectivity index (χ4n) is 3.05. The van der Waals surface area contributed by atoms with E-state index in [1.165, 1.54) is 12.8 Å². The standard InChI is InChI=1S/C13H25NO3/c1-16-13(17-2)10-14(11-13)9-12(15)7-5-3-4-6-8-12/h15H,3-11H2,1-2H3. The molecule has 1 saturated heterocycles. The molecular formula is C13H25NO3. The van der Waals surface area contributed by atoms with E-state index in [-0.39, 0.29) is 0 Å². The SMILES string of the molecule is COC1(OC)CN(CC2(O)CCCCCC2)C1. The largest absolute Gasteiger partial charge is 0.389 e. The minimum atomic E-state index is -0.482. The topological polar surface area (TPSA) is 41.9 Å². The zero-order valence-corrected chi connectivity index (χ0v) is 11.1. The van der Waals surface area contributed by atoms with E-state index in [9.17, 15) is 5.11 Å². The molecule has 2 aliphatic rings. The minimum absolute atomic E-state index is 0.429. The highest BCUT2D eigenvalue weighted by Crippen LogP contribution is 2.32. The van der Waals surface area contributed by atoms with E-state index < -0.39 is 11.4 Å². The van der Waals surface area contributed by atoms with Crippen LogP contribution in [0.3, 0.4) is 0 Å². The molecule has 0 bridgehead atoms. The number of hydrogen-bond acceptors (Lipinski definition) is 4. The van der Waals surface area contributed by atoms with E-state index in [0.29, 0.717) is 0 Å². The Morgan fingerprint density at radius 1 is 1.00 bits per heavy atom. The molecule has 1 heterocycles. The minimum Gasteiger partial charge on any atom is -0.389 e. The lowest BCUT2D eigenvalue weighted by Crippen LogP contribution is -2.66. The van der Waals surface area contributed by atoms with Crippen molar-refractivity contribution in [1.82, 2.24) is 4.90 Å². The molecule has 0 amide bonds. The van der Waals surface area contributed by atoms with Gasteiger partial charge in [-0.25, -0.2) is 0 Å². The second-order valence-corrected chi connectivity index (χ2v) is 5.60. The van der Waals surface area contributed by atoms with Crippen LogP contribution in [0.1, 0.15) is 38.5 Å². The second-order valence-electron chi connectivity index (χ2n) is 5.60. The van der Waals surface area contributed by atoms with Gasteiger partial charge in [0.15, 0.2) is 5.79 Å². The van der Waals surface area contributed by atoms with Crippen molar-refractivity contribution in [2.45, 2.75) is 49.9 Å². The summed E-state index contributed by atoms with van der Waals surface area (Å²) in [4.78, 5) is 2.23. The molecule has 0 aromatic rings. The first kappa shape index (κ1) is 13.3. The van der Waals surface area contributed by atoms with Gasteiger partial charge >= 0.3 is 0 Å². The monoisotopic (exact) mass is 243 g/mol. The third-order valence-electron chi connectivity index (χ3n) is 4.23. The Labute approximate surface area is 104 Å². The molecule has 2 rings (SSSR count). The van der Waals surface area contributed by atoms with Gasteiger partial charge in [-0.15, -0.1) is 0 Å². The maximum absolute atomic E-state index is 10.6. The summed E-state index contributed by atoms with van der Waals surface area (Å²) in [5, 5.41) is 10.6. The van der Waals surface area contributed by atoms with Crippen LogP contribution in [0.5, 0.6) is 0 Å². The molecular weight excluding hydrogens is 218 g/mol. The van der Waals surface area contributed by atoms with Gasteiger partial charge in [0.25, 0.3) is 0 Å². The van der Waals surface area contributed by atoms with E-state index >= 15 is 0 Å². The number of ether oxygens (including phenoxy) is 2. The Hall–Kier alpha value is -0.160. The maximum Gasteiger partial charge on any atom is 0.193 e. The van der Waals surface area contributed by atoms with Gasteiger partial charge < -0.3 is 14.6 Å². The third kappa shape index (κ3) is 2.99. The summed E-state index contributed by atoms with van der Waals surface area (Å²) < 4.78 is 10.7. The lowest BCUT2D eigenvalue weighted by molar-refractivity contribution is -0.281. The summed E-state index contributed by atoms with van der Waals surface area (Å²) in [6, 6.07) is 0. The van der Waals surface area contributed by atoms with E-state index in [2.05, 4.69) is 4.90 Å². The molecule has 4 nitrogen and oxygen atoms in total. The molecule has 1 aliphatic heterocycles. The van der Waals surface area contributed by atoms with Crippen molar-refractivity contribution in [2.75, 3.05) is 33.9 Å². The van der Waals surface area contributed by atoms with Gasteiger partial charge in [-0.1, -0.05) is 25.7 Å². The van der Waals surface area contributed by atoms with Gasteiger partial charge in [-0.2, -0.15) is 0 Å². The van der Waals surface area contributed by atoms with Crippen LogP contribution < -0.4 is 0 Å². The number of rotatable bonds is 4. The molecule has 0 aromatic carbocycles. The highest BCUT2D eigenvalue weighted by molar-refractivity contribution is 4.94. The zero-order chi connectivity index (χ0) is 12.4. The molecule has 0 radical (unpaired) electrons. The molecule has 0 unspecified atom stereocenters. The summed E-state index contributed by atoms with van der Waals surface area (Å²) in [7, 11) is 3.36. The van der Waals surface area contributed by atoms with Crippen molar-refractivity contribution in [3.8, 4) is 0 Å². The third-order valence-corrected chi connectivity index (χ3v) is 4.23. The smallest absolute Gasteiger partial charge is 0.193 e. The summed E-state index contributed by atoms with van der Waals surface area (Å²) in [6.45, 7) is 2.30. The Balaban J connectivity index is 1.82. The number of aliphatic hydroxyl groups is 1. The molecule has 1 aliphatic carbocycles. The molecule has 0 aromatic heterocycles. The van der Waals surface area contributed by atoms with E-state index in [1.54, 1.807) is 14.2 Å². The molecule has 1 saturated carbocycles. The number of likely N-dealkylation sites (tertiary alicyclic amines) is 1. The van der Waals surface area contributed by atoms with Crippen LogP contribution in [-0.4, -0.2) is 55.2 Å². The van der Waals surface area contributed by atoms with Crippen LogP contribution in [0.2, 0.25) is 0 Å². The molecule has 2 fully saturated rings. The van der Waals surface area contributed by atoms with Crippen molar-refractivity contribution in [1.29, 1.82) is 0 Å². The van der Waals surface area contributed by atoms with E-state index in [0.717, 1.165) is 45.3 Å². The summed E-state index contributed by atoms with van der Waals surface area (Å²) in [6.07, 6.45) is 6.73. The molecule has 100 valence electrons. The summed E-state index contributed by atoms with van der Waals surface area (Å²) >= 11 is 0. The Morgan fingerprint density at radius 3 is 2.00 bits per heavy atom. The van der Waals surface area contributed by atoms with Crippen LogP contribution >= 0.6 is 0 Å². The van der Waals surface area contributed by atoms with Crippen molar-refractivity contribution in [3.63, 3.8) is 0 Å². The van der Waals surface area contributed by atoms with E-state index in [1.807, 2.05) is 0 Å². The first-order valence-corrected chi connectivity index (χ1v) is 6.66. The fourth-order valence-corrected chi connectivity index (χ4v) is 3.05. The summed E-state index contributed by atoms with van der Waals surface area (Å²) in [5.74, 6) is -0.429. The van der Waals surface area contributed by atoms with Gasteiger partial charge in [-0.05, 0) is 12.8 Å². The predicted molar refractivity (Wildman–Crippen MR) is 65.8 cm³/mol. The van der Waals surface area contributed by atoms with Gasteiger partial charge in [0.05, 0.1) is 18.7 Å². The highest BCUT2D eigenvalue weighted by atomic mass is 16.7. The molecule has 4 heteroatoms. The van der Waals surface area contributed by atoms with Gasteiger partial charge in [-0.3, -0.25) is 4.90 Å². The van der Waals surface area contributed by atoms with Gasteiger partial charge in [0.2, 0.25) is 0 Å². The maximum atomic E-state index is 10.6. The van der Waals surface area contributed by atoms with Crippen molar-refractivity contribution >= 4 is 0 Å². The number of nitrogens with zero attached hydrogens (tertiary/aromatic N) is 1. The van der Waals surface area contributed by atoms with Crippen LogP contribution in [-0.2, 0) is 9.47 Å². The van der Waals surface area contributed by atoms with Crippen LogP contribution in [0.15, 0.2) is 0 Å². The number of β-amino-alcohol motifs (C(OH)–C–C–N with tert-alkyl or cyclic N) is 1. The van der Waals surface area contributed by atoms with Crippen LogP contribution in [0.25, 0.3) is 0 Å². The molecule has 1 N–H and O–H groups in total. The lowest BCUT2D eigenvalue weighted by atomic mass is 9.92. The Bertz CT molecular complexity index is 237. The second kappa shape index (κ2) is 5.22. The highest BCUT2D eigenvalue weighted by Gasteiger charge is 2.46. The zero-order valence-electron chi connectivity index (χ0n) is 11.1. The molecule has 0 atom stereocenters. The first-order valence-electron chi connectivity index (χ1n) is 6.66. The van der Waals surface area contributed by atoms with Crippen LogP contribution in [0.4, 0.5) is 0 Å². The Morgan fingerprint density at radius 2 is 1.53 bits per heavy atom. The van der Waals surface area contributed by atoms with Crippen molar-refractivity contribution in [3.05, 3.63) is 0 Å². The Kier molecular flexibility index (Phi) is 4.08. The van der Waals surface area contributed by atoms with Gasteiger partial charge in [0.1, 0.15) is 0 Å². The number of methoxy groups -OCH3 is 2. The normalized spacial score (nSPS) is 28.4. The predicted octanol–water partition coefficient (Wildman–Crippen LogP) is 1.38. The van der Waals surface area contributed by atoms with Crippen molar-refractivity contribution in [2.24, 2.45) is 0 Å². The quantitative estimate of drug-likeness (QED) is 0.598. The number of hydrogen-bond donors (Lipinski definition) is 1. The molecule has 17 heavy (non-hydrogen) atoms. The summed E-state index contributed by atoms with van der Waals surface area (Å²) in [5.41, 5.74) is -0.482. The van der Waals surface area contributed by atoms with Crippen LogP contribution in [0, 0.1) is 0 Å². The van der Waals surface area contributed by atoms with Crippen molar-refractivity contribution < 1.29 is 14.6 Å². The average Bonchev–Trinajstić information content (AvgIpc) is 2.48. The van der Waals surface area contributed by atoms with E-state index in [4.69, 9.17) is 9.47 Å². The lowest BCUT2D eigenvalue weighted by Gasteiger charge is -2.50. The first-order chi connectivity index (χ1) is 8.11.